The maximum Gasteiger partial charge on any atom is 0.311 e. The highest BCUT2D eigenvalue weighted by atomic mass is 32.1. The van der Waals surface area contributed by atoms with E-state index in [1.807, 2.05) is 19.1 Å². The van der Waals surface area contributed by atoms with Crippen molar-refractivity contribution in [2.24, 2.45) is 0 Å². The molecule has 2 heterocycles. The average molecular weight is 383 g/mol. The fraction of sp³-hybridized carbons (Fsp3) is 0.435. The lowest BCUT2D eigenvalue weighted by Crippen LogP contribution is -2.27. The largest absolute Gasteiger partial charge is 0.493 e. The van der Waals surface area contributed by atoms with E-state index in [9.17, 15) is 4.79 Å². The lowest BCUT2D eigenvalue weighted by atomic mass is 9.78. The Morgan fingerprint density at radius 1 is 1.26 bits per heavy atom. The van der Waals surface area contributed by atoms with E-state index < -0.39 is 0 Å². The summed E-state index contributed by atoms with van der Waals surface area (Å²) in [4.78, 5) is 13.6. The molecule has 27 heavy (non-hydrogen) atoms. The molecule has 0 radical (unpaired) electrons. The van der Waals surface area contributed by atoms with Gasteiger partial charge in [0.25, 0.3) is 0 Å². The van der Waals surface area contributed by atoms with Crippen molar-refractivity contribution in [3.05, 3.63) is 50.7 Å². The summed E-state index contributed by atoms with van der Waals surface area (Å²) < 4.78 is 10.9. The molecule has 1 aliphatic heterocycles. The van der Waals surface area contributed by atoms with E-state index in [0.717, 1.165) is 40.5 Å². The van der Waals surface area contributed by atoms with Gasteiger partial charge in [0, 0.05) is 16.0 Å². The van der Waals surface area contributed by atoms with Crippen LogP contribution in [0.15, 0.2) is 24.3 Å². The zero-order chi connectivity index (χ0) is 19.4. The fourth-order valence-corrected chi connectivity index (χ4v) is 4.10. The first kappa shape index (κ1) is 19.5. The highest BCUT2D eigenvalue weighted by Crippen LogP contribution is 2.39. The second kappa shape index (κ2) is 8.19. The van der Waals surface area contributed by atoms with Crippen LogP contribution in [-0.2, 0) is 27.8 Å². The minimum atomic E-state index is -0.191. The minimum absolute atomic E-state index is 0.103. The Bertz CT molecular complexity index is 896. The van der Waals surface area contributed by atoms with E-state index >= 15 is 0 Å². The molecule has 0 atom stereocenters. The molecule has 0 amide bonds. The zero-order valence-corrected chi connectivity index (χ0v) is 17.3. The Labute approximate surface area is 165 Å². The molecule has 1 aliphatic rings. The first-order chi connectivity index (χ1) is 12.9. The lowest BCUT2D eigenvalue weighted by Gasteiger charge is -2.33. The molecule has 0 bridgehead atoms. The van der Waals surface area contributed by atoms with Crippen LogP contribution in [0.4, 0.5) is 0 Å². The minimum Gasteiger partial charge on any atom is -0.493 e. The number of rotatable bonds is 4. The van der Waals surface area contributed by atoms with Crippen LogP contribution in [0.3, 0.4) is 0 Å². The number of carbonyl (C=O) groups is 1. The monoisotopic (exact) mass is 382 g/mol. The van der Waals surface area contributed by atoms with E-state index in [1.165, 1.54) is 11.1 Å². The third-order valence-corrected chi connectivity index (χ3v) is 5.91. The Morgan fingerprint density at radius 3 is 2.81 bits per heavy atom. The summed E-state index contributed by atoms with van der Waals surface area (Å²) >= 11 is 1.55. The van der Waals surface area contributed by atoms with Gasteiger partial charge in [-0.25, -0.2) is 0 Å². The highest BCUT2D eigenvalue weighted by molar-refractivity contribution is 7.12. The van der Waals surface area contributed by atoms with Gasteiger partial charge < -0.3 is 9.47 Å². The number of fused-ring (bicyclic) bond motifs is 1. The van der Waals surface area contributed by atoms with E-state index in [1.54, 1.807) is 11.3 Å². The van der Waals surface area contributed by atoms with Crippen LogP contribution < -0.4 is 4.74 Å². The lowest BCUT2D eigenvalue weighted by molar-refractivity contribution is -0.142. The van der Waals surface area contributed by atoms with Gasteiger partial charge in [0.05, 0.1) is 24.5 Å². The van der Waals surface area contributed by atoms with Crippen LogP contribution in [-0.4, -0.2) is 19.2 Å². The van der Waals surface area contributed by atoms with Gasteiger partial charge in [0.1, 0.15) is 5.75 Å². The number of aryl methyl sites for hydroxylation is 1. The van der Waals surface area contributed by atoms with E-state index in [0.29, 0.717) is 13.0 Å². The molecule has 0 unspecified atom stereocenters. The molecule has 0 N–H and O–H groups in total. The highest BCUT2D eigenvalue weighted by Gasteiger charge is 2.29. The van der Waals surface area contributed by atoms with Crippen molar-refractivity contribution in [3.63, 3.8) is 0 Å². The Morgan fingerprint density at radius 2 is 2.07 bits per heavy atom. The Hall–Kier alpha value is -2.25. The Balaban J connectivity index is 1.86. The number of carbonyl (C=O) groups excluding carboxylic acids is 1. The number of benzene rings is 1. The molecule has 0 aliphatic carbocycles. The van der Waals surface area contributed by atoms with Crippen LogP contribution in [0.2, 0.25) is 0 Å². The second-order valence-corrected chi connectivity index (χ2v) is 8.51. The predicted molar refractivity (Wildman–Crippen MR) is 110 cm³/mol. The predicted octanol–water partition coefficient (Wildman–Crippen LogP) is 4.88. The summed E-state index contributed by atoms with van der Waals surface area (Å²) in [6.07, 6.45) is 2.24. The Kier molecular flexibility index (Phi) is 5.92. The van der Waals surface area contributed by atoms with Crippen molar-refractivity contribution in [2.45, 2.75) is 52.4 Å². The molecule has 2 aromatic rings. The van der Waals surface area contributed by atoms with Crippen molar-refractivity contribution in [1.82, 2.24) is 0 Å². The van der Waals surface area contributed by atoms with E-state index in [-0.39, 0.29) is 11.4 Å². The van der Waals surface area contributed by atoms with Gasteiger partial charge in [-0.1, -0.05) is 32.6 Å². The number of esters is 1. The van der Waals surface area contributed by atoms with Crippen molar-refractivity contribution in [2.75, 3.05) is 13.2 Å². The van der Waals surface area contributed by atoms with Crippen molar-refractivity contribution in [1.29, 1.82) is 0 Å². The van der Waals surface area contributed by atoms with Gasteiger partial charge in [-0.3, -0.25) is 4.79 Å². The van der Waals surface area contributed by atoms with Crippen molar-refractivity contribution in [3.8, 4) is 17.6 Å². The third-order valence-electron chi connectivity index (χ3n) is 4.91. The number of thiophene rings is 1. The molecule has 0 spiro atoms. The summed E-state index contributed by atoms with van der Waals surface area (Å²) in [5.41, 5.74) is 3.62. The molecule has 0 saturated carbocycles. The number of ether oxygens (including phenoxy) is 2. The molecule has 0 fully saturated rings. The van der Waals surface area contributed by atoms with Crippen LogP contribution in [0.25, 0.3) is 0 Å². The van der Waals surface area contributed by atoms with Gasteiger partial charge in [0.15, 0.2) is 0 Å². The SMILES string of the molecule is CCOC(=O)Cc1ccc(C#Cc2cc3c(cc2CC)OCCC3(C)C)s1. The fourth-order valence-electron chi connectivity index (χ4n) is 3.25. The molecule has 4 heteroatoms. The van der Waals surface area contributed by atoms with Gasteiger partial charge in [0.2, 0.25) is 0 Å². The van der Waals surface area contributed by atoms with Crippen LogP contribution in [0.5, 0.6) is 5.75 Å². The summed E-state index contributed by atoms with van der Waals surface area (Å²) in [5.74, 6) is 7.43. The average Bonchev–Trinajstić information content (AvgIpc) is 3.06. The van der Waals surface area contributed by atoms with Gasteiger partial charge >= 0.3 is 5.97 Å². The van der Waals surface area contributed by atoms with Crippen LogP contribution in [0, 0.1) is 11.8 Å². The van der Waals surface area contributed by atoms with Gasteiger partial charge in [-0.15, -0.1) is 11.3 Å². The number of hydrogen-bond donors (Lipinski definition) is 0. The summed E-state index contributed by atoms with van der Waals surface area (Å²) in [7, 11) is 0. The quantitative estimate of drug-likeness (QED) is 0.559. The first-order valence-corrected chi connectivity index (χ1v) is 10.3. The van der Waals surface area contributed by atoms with Gasteiger partial charge in [-0.05, 0) is 55.0 Å². The molecule has 3 nitrogen and oxygen atoms in total. The number of hydrogen-bond acceptors (Lipinski definition) is 4. The summed E-state index contributed by atoms with van der Waals surface area (Å²) in [6.45, 7) is 9.67. The molecule has 1 aromatic carbocycles. The molecule has 1 aromatic heterocycles. The maximum absolute atomic E-state index is 11.6. The standard InChI is InChI=1S/C23H26O3S/c1-5-16-14-21-20(23(3,4)11-12-26-21)13-17(16)7-8-18-9-10-19(27-18)15-22(24)25-6-2/h9-10,13-14H,5-6,11-12,15H2,1-4H3. The molecule has 0 saturated heterocycles. The smallest absolute Gasteiger partial charge is 0.311 e. The van der Waals surface area contributed by atoms with Crippen molar-refractivity contribution < 1.29 is 14.3 Å². The van der Waals surface area contributed by atoms with Gasteiger partial charge in [-0.2, -0.15) is 0 Å². The topological polar surface area (TPSA) is 35.5 Å². The maximum atomic E-state index is 11.6. The third kappa shape index (κ3) is 4.54. The molecular formula is C23H26O3S. The van der Waals surface area contributed by atoms with Crippen molar-refractivity contribution >= 4 is 17.3 Å². The van der Waals surface area contributed by atoms with E-state index in [4.69, 9.17) is 9.47 Å². The summed E-state index contributed by atoms with van der Waals surface area (Å²) in [6, 6.07) is 8.29. The molecular weight excluding hydrogens is 356 g/mol. The summed E-state index contributed by atoms with van der Waals surface area (Å²) in [5, 5.41) is 0. The van der Waals surface area contributed by atoms with Crippen LogP contribution >= 0.6 is 11.3 Å². The molecule has 142 valence electrons. The van der Waals surface area contributed by atoms with E-state index in [2.05, 4.69) is 44.7 Å². The zero-order valence-electron chi connectivity index (χ0n) is 16.5. The second-order valence-electron chi connectivity index (χ2n) is 7.34. The van der Waals surface area contributed by atoms with Crippen LogP contribution in [0.1, 0.15) is 60.6 Å². The molecule has 3 rings (SSSR count). The normalized spacial score (nSPS) is 14.5. The first-order valence-electron chi connectivity index (χ1n) is 9.49.